The fourth-order valence-electron chi connectivity index (χ4n) is 1.89. The van der Waals surface area contributed by atoms with Gasteiger partial charge in [-0.3, -0.25) is 4.57 Å². The number of nitrogens with zero attached hydrogens (tertiary/aromatic N) is 4. The van der Waals surface area contributed by atoms with E-state index < -0.39 is 0 Å². The molecule has 3 rings (SSSR count). The van der Waals surface area contributed by atoms with E-state index in [1.807, 2.05) is 0 Å². The van der Waals surface area contributed by atoms with Gasteiger partial charge in [0.05, 0.1) is 4.47 Å². The van der Waals surface area contributed by atoms with Crippen molar-refractivity contribution in [3.05, 3.63) is 21.3 Å². The van der Waals surface area contributed by atoms with Crippen LogP contribution in [0.4, 0.5) is 5.82 Å². The summed E-state index contributed by atoms with van der Waals surface area (Å²) in [5, 5.41) is 11.2. The molecule has 1 aliphatic carbocycles. The molecule has 21 heavy (non-hydrogen) atoms. The van der Waals surface area contributed by atoms with Crippen molar-refractivity contribution in [2.24, 2.45) is 0 Å². The topological polar surface area (TPSA) is 88.5 Å². The molecule has 112 valence electrons. The van der Waals surface area contributed by atoms with Crippen molar-refractivity contribution in [3.8, 4) is 0 Å². The number of anilines is 1. The third-order valence-electron chi connectivity index (χ3n) is 3.07. The Labute approximate surface area is 134 Å². The zero-order valence-electron chi connectivity index (χ0n) is 11.5. The molecule has 7 nitrogen and oxygen atoms in total. The Hall–Kier alpha value is -1.35. The van der Waals surface area contributed by atoms with Crippen LogP contribution in [-0.4, -0.2) is 31.3 Å². The summed E-state index contributed by atoms with van der Waals surface area (Å²) in [7, 11) is 0. The zero-order valence-corrected chi connectivity index (χ0v) is 13.9. The van der Waals surface area contributed by atoms with Gasteiger partial charge in [-0.2, -0.15) is 0 Å². The highest BCUT2D eigenvalue weighted by molar-refractivity contribution is 9.10. The van der Waals surface area contributed by atoms with Gasteiger partial charge in [-0.25, -0.2) is 19.9 Å². The lowest BCUT2D eigenvalue weighted by Crippen LogP contribution is -2.16. The van der Waals surface area contributed by atoms with Gasteiger partial charge < -0.3 is 5.32 Å². The number of halogens is 1. The summed E-state index contributed by atoms with van der Waals surface area (Å²) in [5.74, 6) is 0.755. The molecule has 1 aliphatic rings. The number of aromatic nitrogens is 5. The minimum Gasteiger partial charge on any atom is -0.369 e. The van der Waals surface area contributed by atoms with Crippen molar-refractivity contribution in [2.75, 3.05) is 11.9 Å². The van der Waals surface area contributed by atoms with E-state index in [-0.39, 0.29) is 11.7 Å². The van der Waals surface area contributed by atoms with Gasteiger partial charge in [0, 0.05) is 12.6 Å². The maximum Gasteiger partial charge on any atom is 0.344 e. The number of H-pyrrole nitrogens is 1. The third kappa shape index (κ3) is 3.13. The van der Waals surface area contributed by atoms with E-state index in [2.05, 4.69) is 48.3 Å². The van der Waals surface area contributed by atoms with Gasteiger partial charge in [-0.1, -0.05) is 6.92 Å². The van der Waals surface area contributed by atoms with Crippen molar-refractivity contribution >= 4 is 33.5 Å². The number of rotatable bonds is 6. The first-order valence-corrected chi connectivity index (χ1v) is 8.40. The van der Waals surface area contributed by atoms with Crippen LogP contribution in [-0.2, 0) is 0 Å². The molecule has 0 bridgehead atoms. The predicted octanol–water partition coefficient (Wildman–Crippen LogP) is 2.43. The largest absolute Gasteiger partial charge is 0.369 e. The SMILES string of the molecule is CCCNc1ncnc(Sc2n[nH]c(=O)n2C2CC2)c1Br. The van der Waals surface area contributed by atoms with Crippen LogP contribution in [0.5, 0.6) is 0 Å². The molecule has 2 heterocycles. The molecular weight excluding hydrogens is 356 g/mol. The van der Waals surface area contributed by atoms with Crippen molar-refractivity contribution < 1.29 is 0 Å². The van der Waals surface area contributed by atoms with Crippen molar-refractivity contribution in [2.45, 2.75) is 42.4 Å². The smallest absolute Gasteiger partial charge is 0.344 e. The summed E-state index contributed by atoms with van der Waals surface area (Å²) >= 11 is 4.88. The van der Waals surface area contributed by atoms with Crippen LogP contribution in [0.15, 0.2) is 25.8 Å². The van der Waals surface area contributed by atoms with E-state index in [0.717, 1.165) is 41.1 Å². The highest BCUT2D eigenvalue weighted by Crippen LogP contribution is 2.39. The third-order valence-corrected chi connectivity index (χ3v) is 5.06. The summed E-state index contributed by atoms with van der Waals surface area (Å²) < 4.78 is 2.50. The van der Waals surface area contributed by atoms with Crippen LogP contribution in [0.3, 0.4) is 0 Å². The lowest BCUT2D eigenvalue weighted by atomic mass is 10.4. The van der Waals surface area contributed by atoms with Crippen LogP contribution >= 0.6 is 27.7 Å². The Bertz CT molecular complexity index is 695. The Balaban J connectivity index is 1.86. The molecule has 2 aromatic rings. The fraction of sp³-hybridized carbons (Fsp3) is 0.500. The highest BCUT2D eigenvalue weighted by Gasteiger charge is 2.29. The standard InChI is InChI=1S/C12H15BrN6OS/c1-2-5-14-9-8(13)10(16-6-15-9)21-12-18-17-11(20)19(12)7-3-4-7/h6-7H,2-5H2,1H3,(H,17,20)(H,14,15,16). The van der Waals surface area contributed by atoms with Gasteiger partial charge in [-0.05, 0) is 47.0 Å². The average molecular weight is 371 g/mol. The first-order valence-electron chi connectivity index (χ1n) is 6.79. The van der Waals surface area contributed by atoms with Gasteiger partial charge in [0.25, 0.3) is 0 Å². The molecule has 1 saturated carbocycles. The van der Waals surface area contributed by atoms with Gasteiger partial charge >= 0.3 is 5.69 Å². The minimum absolute atomic E-state index is 0.158. The van der Waals surface area contributed by atoms with Crippen molar-refractivity contribution in [3.63, 3.8) is 0 Å². The van der Waals surface area contributed by atoms with Crippen LogP contribution in [0, 0.1) is 0 Å². The quantitative estimate of drug-likeness (QED) is 0.759. The Morgan fingerprint density at radius 1 is 1.52 bits per heavy atom. The maximum absolute atomic E-state index is 11.8. The Morgan fingerprint density at radius 2 is 2.33 bits per heavy atom. The lowest BCUT2D eigenvalue weighted by molar-refractivity contribution is 0.642. The molecule has 0 amide bonds. The fourth-order valence-corrected chi connectivity index (χ4v) is 3.36. The summed E-state index contributed by atoms with van der Waals surface area (Å²) in [6.07, 6.45) is 4.58. The summed E-state index contributed by atoms with van der Waals surface area (Å²) in [5.41, 5.74) is -0.158. The molecule has 0 radical (unpaired) electrons. The molecule has 0 unspecified atom stereocenters. The molecular formula is C12H15BrN6OS. The first kappa shape index (κ1) is 14.6. The summed E-state index contributed by atoms with van der Waals surface area (Å²) in [6, 6.07) is 0.275. The molecule has 0 saturated heterocycles. The first-order chi connectivity index (χ1) is 10.2. The molecule has 2 aromatic heterocycles. The van der Waals surface area contributed by atoms with Gasteiger partial charge in [0.2, 0.25) is 0 Å². The average Bonchev–Trinajstić information content (AvgIpc) is 3.24. The second-order valence-electron chi connectivity index (χ2n) is 4.78. The Kier molecular flexibility index (Phi) is 4.29. The number of hydrogen-bond donors (Lipinski definition) is 2. The van der Waals surface area contributed by atoms with E-state index >= 15 is 0 Å². The van der Waals surface area contributed by atoms with Gasteiger partial charge in [0.1, 0.15) is 17.2 Å². The van der Waals surface area contributed by atoms with Crippen molar-refractivity contribution in [1.82, 2.24) is 24.7 Å². The molecule has 2 N–H and O–H groups in total. The van der Waals surface area contributed by atoms with E-state index in [1.54, 1.807) is 4.57 Å². The zero-order chi connectivity index (χ0) is 14.8. The lowest BCUT2D eigenvalue weighted by Gasteiger charge is -2.09. The molecule has 0 aliphatic heterocycles. The van der Waals surface area contributed by atoms with Crippen LogP contribution in [0.2, 0.25) is 0 Å². The van der Waals surface area contributed by atoms with E-state index in [0.29, 0.717) is 5.16 Å². The predicted molar refractivity (Wildman–Crippen MR) is 83.8 cm³/mol. The van der Waals surface area contributed by atoms with E-state index in [9.17, 15) is 4.79 Å². The van der Waals surface area contributed by atoms with Crippen LogP contribution in [0.1, 0.15) is 32.2 Å². The van der Waals surface area contributed by atoms with Gasteiger partial charge in [-0.15, -0.1) is 5.10 Å². The van der Waals surface area contributed by atoms with Gasteiger partial charge in [0.15, 0.2) is 5.16 Å². The van der Waals surface area contributed by atoms with Crippen LogP contribution in [0.25, 0.3) is 0 Å². The van der Waals surface area contributed by atoms with Crippen molar-refractivity contribution in [1.29, 1.82) is 0 Å². The summed E-state index contributed by atoms with van der Waals surface area (Å²) in [4.78, 5) is 20.3. The molecule has 0 aromatic carbocycles. The molecule has 0 atom stereocenters. The molecule has 9 heteroatoms. The number of hydrogen-bond acceptors (Lipinski definition) is 6. The monoisotopic (exact) mass is 370 g/mol. The summed E-state index contributed by atoms with van der Waals surface area (Å²) in [6.45, 7) is 2.94. The normalized spacial score (nSPS) is 14.4. The highest BCUT2D eigenvalue weighted by atomic mass is 79.9. The second-order valence-corrected chi connectivity index (χ2v) is 6.53. The van der Waals surface area contributed by atoms with E-state index in [4.69, 9.17) is 0 Å². The minimum atomic E-state index is -0.158. The molecule has 1 fully saturated rings. The number of nitrogens with one attached hydrogen (secondary N) is 2. The van der Waals surface area contributed by atoms with E-state index in [1.165, 1.54) is 18.1 Å². The molecule has 0 spiro atoms. The second kappa shape index (κ2) is 6.18. The Morgan fingerprint density at radius 3 is 3.05 bits per heavy atom. The van der Waals surface area contributed by atoms with Crippen LogP contribution < -0.4 is 11.0 Å². The maximum atomic E-state index is 11.8. The number of aromatic amines is 1.